The molecule has 9 nitrogen and oxygen atoms in total. The second kappa shape index (κ2) is 15.8. The Hall–Kier alpha value is -3.01. The predicted octanol–water partition coefficient (Wildman–Crippen LogP) is 3.77. The van der Waals surface area contributed by atoms with Crippen LogP contribution in [0, 0.1) is 0 Å². The number of rotatable bonds is 18. The Morgan fingerprint density at radius 3 is 2.66 bits per heavy atom. The van der Waals surface area contributed by atoms with Crippen molar-refractivity contribution in [3.8, 4) is 5.75 Å². The van der Waals surface area contributed by atoms with E-state index in [1.807, 2.05) is 30.0 Å². The molecule has 192 valence electrons. The van der Waals surface area contributed by atoms with Crippen LogP contribution in [-0.4, -0.2) is 54.7 Å². The number of ether oxygens (including phenoxy) is 3. The van der Waals surface area contributed by atoms with Gasteiger partial charge in [0, 0.05) is 24.4 Å². The zero-order chi connectivity index (χ0) is 25.5. The molecule has 0 aliphatic rings. The summed E-state index contributed by atoms with van der Waals surface area (Å²) in [5.41, 5.74) is 9.39. The number of nitrogens with one attached hydrogen (secondary N) is 1. The first-order chi connectivity index (χ1) is 17.1. The van der Waals surface area contributed by atoms with E-state index in [9.17, 15) is 9.59 Å². The fourth-order valence-electron chi connectivity index (χ4n) is 3.84. The Morgan fingerprint density at radius 1 is 1.17 bits per heavy atom. The number of nitrogen functional groups attached to an aromatic ring is 1. The van der Waals surface area contributed by atoms with E-state index in [4.69, 9.17) is 19.9 Å². The van der Waals surface area contributed by atoms with Gasteiger partial charge in [-0.15, -0.1) is 0 Å². The smallest absolute Gasteiger partial charge is 0.293 e. The highest BCUT2D eigenvalue weighted by atomic mass is 32.2. The van der Waals surface area contributed by atoms with Gasteiger partial charge in [0.25, 0.3) is 12.9 Å². The number of hydrogen-bond donors (Lipinski definition) is 2. The molecule has 35 heavy (non-hydrogen) atoms. The molecular weight excluding hydrogens is 468 g/mol. The average Bonchev–Trinajstić information content (AvgIpc) is 2.86. The van der Waals surface area contributed by atoms with Crippen LogP contribution in [0.15, 0.2) is 18.2 Å². The molecule has 1 aromatic carbocycles. The van der Waals surface area contributed by atoms with Gasteiger partial charge in [-0.2, -0.15) is 16.7 Å². The molecule has 0 amide bonds. The van der Waals surface area contributed by atoms with Gasteiger partial charge in [-0.05, 0) is 48.1 Å². The van der Waals surface area contributed by atoms with Crippen molar-refractivity contribution in [3.63, 3.8) is 0 Å². The average molecular weight is 505 g/mol. The quantitative estimate of drug-likeness (QED) is 0.229. The van der Waals surface area contributed by atoms with Gasteiger partial charge in [-0.3, -0.25) is 9.59 Å². The molecule has 10 heteroatoms. The van der Waals surface area contributed by atoms with Crippen molar-refractivity contribution in [2.24, 2.45) is 0 Å². The second-order valence-corrected chi connectivity index (χ2v) is 9.05. The van der Waals surface area contributed by atoms with E-state index in [0.29, 0.717) is 43.0 Å². The van der Waals surface area contributed by atoms with E-state index in [1.54, 1.807) is 7.11 Å². The third-order valence-corrected chi connectivity index (χ3v) is 6.23. The summed E-state index contributed by atoms with van der Waals surface area (Å²) in [6.07, 6.45) is 7.19. The minimum absolute atomic E-state index is 0.163. The van der Waals surface area contributed by atoms with Gasteiger partial charge in [0.2, 0.25) is 5.95 Å². The maximum atomic E-state index is 10.7. The molecule has 0 spiro atoms. The summed E-state index contributed by atoms with van der Waals surface area (Å²) in [5.74, 6) is 2.57. The highest BCUT2D eigenvalue weighted by molar-refractivity contribution is 7.98. The van der Waals surface area contributed by atoms with Crippen LogP contribution in [0.2, 0.25) is 0 Å². The summed E-state index contributed by atoms with van der Waals surface area (Å²) < 4.78 is 15.5. The zero-order valence-electron chi connectivity index (χ0n) is 20.7. The molecule has 0 radical (unpaired) electrons. The summed E-state index contributed by atoms with van der Waals surface area (Å²) in [6.45, 7) is 3.38. The summed E-state index contributed by atoms with van der Waals surface area (Å²) in [6, 6.07) is 5.88. The fraction of sp³-hybridized carbons (Fsp3) is 0.520. The van der Waals surface area contributed by atoms with E-state index in [2.05, 4.69) is 28.5 Å². The first-order valence-corrected chi connectivity index (χ1v) is 13.1. The summed E-state index contributed by atoms with van der Waals surface area (Å²) in [7, 11) is 1.61. The number of aromatic nitrogens is 2. The van der Waals surface area contributed by atoms with Gasteiger partial charge in [-0.25, -0.2) is 4.98 Å². The number of nitrogens with two attached hydrogens (primary N) is 1. The van der Waals surface area contributed by atoms with E-state index >= 15 is 0 Å². The number of carbonyl (C=O) groups is 2. The molecule has 0 aliphatic carbocycles. The minimum Gasteiger partial charge on any atom is -0.496 e. The van der Waals surface area contributed by atoms with Crippen LogP contribution in [0.1, 0.15) is 55.0 Å². The van der Waals surface area contributed by atoms with Crippen molar-refractivity contribution in [1.29, 1.82) is 0 Å². The summed E-state index contributed by atoms with van der Waals surface area (Å²) >= 11 is 1.81. The lowest BCUT2D eigenvalue weighted by Crippen LogP contribution is -2.23. The van der Waals surface area contributed by atoms with Crippen molar-refractivity contribution in [3.05, 3.63) is 40.6 Å². The molecule has 0 bridgehead atoms. The summed E-state index contributed by atoms with van der Waals surface area (Å²) in [5, 5.41) is 3.63. The van der Waals surface area contributed by atoms with Crippen molar-refractivity contribution in [1.82, 2.24) is 9.97 Å². The number of benzene rings is 1. The topological polar surface area (TPSA) is 126 Å². The number of anilines is 2. The van der Waals surface area contributed by atoms with Crippen molar-refractivity contribution < 1.29 is 23.8 Å². The lowest BCUT2D eigenvalue weighted by Gasteiger charge is -2.23. The molecule has 2 aromatic rings. The molecule has 0 unspecified atom stereocenters. The van der Waals surface area contributed by atoms with Crippen LogP contribution < -0.4 is 15.8 Å². The van der Waals surface area contributed by atoms with Gasteiger partial charge in [0.1, 0.15) is 18.2 Å². The molecule has 0 fully saturated rings. The Morgan fingerprint density at radius 2 is 1.97 bits per heavy atom. The molecule has 2 rings (SSSR count). The Labute approximate surface area is 211 Å². The molecule has 1 heterocycles. The van der Waals surface area contributed by atoms with Gasteiger partial charge >= 0.3 is 0 Å². The van der Waals surface area contributed by atoms with Crippen LogP contribution in [0.5, 0.6) is 5.75 Å². The predicted molar refractivity (Wildman–Crippen MR) is 139 cm³/mol. The highest BCUT2D eigenvalue weighted by Gasteiger charge is 2.19. The molecule has 0 aliphatic heterocycles. The monoisotopic (exact) mass is 504 g/mol. The fourth-order valence-corrected chi connectivity index (χ4v) is 4.36. The minimum atomic E-state index is 0.163. The molecule has 0 saturated heterocycles. The molecule has 0 saturated carbocycles. The van der Waals surface area contributed by atoms with Gasteiger partial charge < -0.3 is 25.3 Å². The third kappa shape index (κ3) is 9.28. The van der Waals surface area contributed by atoms with Gasteiger partial charge in [0.15, 0.2) is 0 Å². The van der Waals surface area contributed by atoms with E-state index in [-0.39, 0.29) is 25.2 Å². The number of nitrogens with zero attached hydrogens (tertiary/aromatic N) is 2. The molecular formula is C25H36N4O5S. The van der Waals surface area contributed by atoms with E-state index in [1.165, 1.54) is 0 Å². The SMILES string of the molecule is CCCC[C@@H](CCSC)Nc1nc(N)nc(CCOC=O)c1Cc1cc(COC=O)ccc1OC. The van der Waals surface area contributed by atoms with E-state index in [0.717, 1.165) is 48.1 Å². The first-order valence-electron chi connectivity index (χ1n) is 11.7. The lowest BCUT2D eigenvalue weighted by molar-refractivity contribution is -0.130. The number of unbranched alkanes of at least 4 members (excludes halogenated alkanes) is 1. The number of thioether (sulfide) groups is 1. The Bertz CT molecular complexity index is 936. The van der Waals surface area contributed by atoms with Crippen molar-refractivity contribution >= 4 is 36.5 Å². The Balaban J connectivity index is 2.49. The van der Waals surface area contributed by atoms with Crippen molar-refractivity contribution in [2.75, 3.05) is 36.8 Å². The van der Waals surface area contributed by atoms with Crippen LogP contribution >= 0.6 is 11.8 Å². The number of carbonyl (C=O) groups excluding carboxylic acids is 2. The Kier molecular flexibility index (Phi) is 12.7. The maximum absolute atomic E-state index is 10.7. The zero-order valence-corrected chi connectivity index (χ0v) is 21.6. The standard InChI is InChI=1S/C25H36N4O5S/c1-4-5-6-20(10-12-35-3)27-24-21(22(9-11-33-16-30)28-25(26)29-24)14-19-13-18(15-34-17-31)7-8-23(19)32-2/h7-8,13,16-17,20H,4-6,9-12,14-15H2,1-3H3,(H3,26,27,28,29)/t20-/m0/s1. The number of methoxy groups -OCH3 is 1. The largest absolute Gasteiger partial charge is 0.496 e. The number of hydrogen-bond acceptors (Lipinski definition) is 10. The highest BCUT2D eigenvalue weighted by Crippen LogP contribution is 2.29. The molecule has 1 atom stereocenters. The van der Waals surface area contributed by atoms with Gasteiger partial charge in [-0.1, -0.05) is 25.8 Å². The van der Waals surface area contributed by atoms with Crippen LogP contribution in [0.3, 0.4) is 0 Å². The summed E-state index contributed by atoms with van der Waals surface area (Å²) in [4.78, 5) is 30.4. The van der Waals surface area contributed by atoms with Crippen LogP contribution in [0.4, 0.5) is 11.8 Å². The van der Waals surface area contributed by atoms with Gasteiger partial charge in [0.05, 0.1) is 19.4 Å². The first kappa shape index (κ1) is 28.2. The van der Waals surface area contributed by atoms with E-state index < -0.39 is 0 Å². The maximum Gasteiger partial charge on any atom is 0.293 e. The molecule has 1 aromatic heterocycles. The normalized spacial score (nSPS) is 11.5. The molecule has 3 N–H and O–H groups in total. The van der Waals surface area contributed by atoms with Crippen LogP contribution in [-0.2, 0) is 38.5 Å². The van der Waals surface area contributed by atoms with Crippen molar-refractivity contribution in [2.45, 2.75) is 58.1 Å². The second-order valence-electron chi connectivity index (χ2n) is 8.07. The van der Waals surface area contributed by atoms with Crippen LogP contribution in [0.25, 0.3) is 0 Å². The lowest BCUT2D eigenvalue weighted by atomic mass is 9.99. The third-order valence-electron chi connectivity index (χ3n) is 5.58.